The van der Waals surface area contributed by atoms with Crippen LogP contribution in [0.4, 0.5) is 17.1 Å². The van der Waals surface area contributed by atoms with Crippen LogP contribution in [0.1, 0.15) is 22.8 Å². The maximum absolute atomic E-state index is 11.9. The third-order valence-electron chi connectivity index (χ3n) is 3.18. The van der Waals surface area contributed by atoms with E-state index in [9.17, 15) is 4.79 Å². The zero-order valence-electron chi connectivity index (χ0n) is 11.7. The Bertz CT molecular complexity index is 623. The van der Waals surface area contributed by atoms with E-state index < -0.39 is 0 Å². The van der Waals surface area contributed by atoms with Crippen LogP contribution in [0.2, 0.25) is 0 Å². The van der Waals surface area contributed by atoms with Crippen molar-refractivity contribution in [3.63, 3.8) is 0 Å². The highest BCUT2D eigenvalue weighted by Gasteiger charge is 2.11. The van der Waals surface area contributed by atoms with E-state index in [2.05, 4.69) is 23.6 Å². The minimum absolute atomic E-state index is 0.159. The number of hydrogen-bond donors (Lipinski definition) is 3. The lowest BCUT2D eigenvalue weighted by Gasteiger charge is -2.14. The smallest absolute Gasteiger partial charge is 0.253 e. The molecule has 1 amide bonds. The Labute approximate surface area is 119 Å². The Hall–Kier alpha value is -2.49. The van der Waals surface area contributed by atoms with Gasteiger partial charge in [-0.05, 0) is 36.2 Å². The molecule has 0 aromatic heterocycles. The fourth-order valence-electron chi connectivity index (χ4n) is 2.09. The molecule has 0 saturated carbocycles. The van der Waals surface area contributed by atoms with E-state index in [-0.39, 0.29) is 5.91 Å². The van der Waals surface area contributed by atoms with Crippen molar-refractivity contribution >= 4 is 23.0 Å². The molecular formula is C16H19N3O. The Morgan fingerprint density at radius 3 is 2.60 bits per heavy atom. The summed E-state index contributed by atoms with van der Waals surface area (Å²) in [5.41, 5.74) is 9.82. The summed E-state index contributed by atoms with van der Waals surface area (Å²) < 4.78 is 0. The van der Waals surface area contributed by atoms with Gasteiger partial charge < -0.3 is 16.4 Å². The lowest BCUT2D eigenvalue weighted by atomic mass is 10.1. The molecule has 4 heteroatoms. The highest BCUT2D eigenvalue weighted by atomic mass is 16.1. The van der Waals surface area contributed by atoms with E-state index >= 15 is 0 Å². The van der Waals surface area contributed by atoms with E-state index in [1.165, 1.54) is 5.56 Å². The number of amides is 1. The molecule has 0 saturated heterocycles. The molecule has 4 N–H and O–H groups in total. The summed E-state index contributed by atoms with van der Waals surface area (Å²) in [6, 6.07) is 13.3. The number of benzene rings is 2. The third kappa shape index (κ3) is 2.91. The van der Waals surface area contributed by atoms with Crippen LogP contribution in [0.25, 0.3) is 0 Å². The molecular weight excluding hydrogens is 250 g/mol. The Morgan fingerprint density at radius 1 is 1.15 bits per heavy atom. The minimum Gasteiger partial charge on any atom is -0.399 e. The van der Waals surface area contributed by atoms with Crippen molar-refractivity contribution in [1.29, 1.82) is 0 Å². The normalized spacial score (nSPS) is 10.1. The summed E-state index contributed by atoms with van der Waals surface area (Å²) in [6.45, 7) is 2.10. The molecule has 104 valence electrons. The number of aryl methyl sites for hydroxylation is 1. The van der Waals surface area contributed by atoms with Crippen molar-refractivity contribution < 1.29 is 4.79 Å². The van der Waals surface area contributed by atoms with Crippen molar-refractivity contribution in [2.45, 2.75) is 13.3 Å². The number of nitrogen functional groups attached to an aromatic ring is 1. The van der Waals surface area contributed by atoms with Crippen LogP contribution >= 0.6 is 0 Å². The molecule has 0 aliphatic rings. The average molecular weight is 269 g/mol. The number of nitrogens with two attached hydrogens (primary N) is 1. The minimum atomic E-state index is -0.159. The van der Waals surface area contributed by atoms with Gasteiger partial charge in [-0.15, -0.1) is 0 Å². The Balaban J connectivity index is 2.40. The monoisotopic (exact) mass is 269 g/mol. The number of anilines is 3. The molecule has 0 aliphatic heterocycles. The van der Waals surface area contributed by atoms with Gasteiger partial charge in [-0.1, -0.05) is 25.1 Å². The molecule has 0 aliphatic carbocycles. The van der Waals surface area contributed by atoms with Gasteiger partial charge in [-0.25, -0.2) is 0 Å². The summed E-state index contributed by atoms with van der Waals surface area (Å²) in [6.07, 6.45) is 0.924. The zero-order chi connectivity index (χ0) is 14.5. The zero-order valence-corrected chi connectivity index (χ0v) is 11.7. The summed E-state index contributed by atoms with van der Waals surface area (Å²) in [5.74, 6) is -0.159. The van der Waals surface area contributed by atoms with E-state index in [1.54, 1.807) is 19.2 Å². The highest BCUT2D eigenvalue weighted by molar-refractivity contribution is 6.01. The summed E-state index contributed by atoms with van der Waals surface area (Å²) in [4.78, 5) is 11.9. The van der Waals surface area contributed by atoms with Crippen molar-refractivity contribution in [1.82, 2.24) is 5.32 Å². The second-order valence-corrected chi connectivity index (χ2v) is 4.52. The molecule has 0 fully saturated rings. The average Bonchev–Trinajstić information content (AvgIpc) is 2.48. The molecule has 0 spiro atoms. The number of hydrogen-bond acceptors (Lipinski definition) is 3. The topological polar surface area (TPSA) is 67.1 Å². The first-order valence-electron chi connectivity index (χ1n) is 6.62. The van der Waals surface area contributed by atoms with Gasteiger partial charge in [0.2, 0.25) is 0 Å². The van der Waals surface area contributed by atoms with E-state index in [4.69, 9.17) is 5.73 Å². The number of carbonyl (C=O) groups is 1. The quantitative estimate of drug-likeness (QED) is 0.748. The Kier molecular flexibility index (Phi) is 4.25. The van der Waals surface area contributed by atoms with Gasteiger partial charge in [-0.2, -0.15) is 0 Å². The number of nitrogens with one attached hydrogen (secondary N) is 2. The molecule has 0 atom stereocenters. The van der Waals surface area contributed by atoms with Crippen LogP contribution in [-0.4, -0.2) is 13.0 Å². The maximum atomic E-state index is 11.9. The van der Waals surface area contributed by atoms with Crippen LogP contribution in [-0.2, 0) is 6.42 Å². The van der Waals surface area contributed by atoms with Crippen LogP contribution in [0, 0.1) is 0 Å². The highest BCUT2D eigenvalue weighted by Crippen LogP contribution is 2.25. The molecule has 2 aromatic carbocycles. The van der Waals surface area contributed by atoms with Crippen molar-refractivity contribution in [2.75, 3.05) is 18.1 Å². The van der Waals surface area contributed by atoms with Crippen LogP contribution in [0.3, 0.4) is 0 Å². The molecule has 2 aromatic rings. The lowest BCUT2D eigenvalue weighted by Crippen LogP contribution is -2.19. The SMILES string of the molecule is CCc1ccccc1Nc1ccc(N)cc1C(=O)NC. The first kappa shape index (κ1) is 13.9. The van der Waals surface area contributed by atoms with Crippen molar-refractivity contribution in [3.05, 3.63) is 53.6 Å². The summed E-state index contributed by atoms with van der Waals surface area (Å²) >= 11 is 0. The largest absolute Gasteiger partial charge is 0.399 e. The van der Waals surface area contributed by atoms with Gasteiger partial charge in [0.05, 0.1) is 11.3 Å². The summed E-state index contributed by atoms with van der Waals surface area (Å²) in [5, 5.41) is 5.95. The molecule has 4 nitrogen and oxygen atoms in total. The van der Waals surface area contributed by atoms with Gasteiger partial charge in [0, 0.05) is 18.4 Å². The predicted molar refractivity (Wildman–Crippen MR) is 83.3 cm³/mol. The fraction of sp³-hybridized carbons (Fsp3) is 0.188. The summed E-state index contributed by atoms with van der Waals surface area (Å²) in [7, 11) is 1.61. The van der Waals surface area contributed by atoms with Gasteiger partial charge in [-0.3, -0.25) is 4.79 Å². The van der Waals surface area contributed by atoms with Crippen molar-refractivity contribution in [2.24, 2.45) is 0 Å². The van der Waals surface area contributed by atoms with Crippen LogP contribution in [0.15, 0.2) is 42.5 Å². The molecule has 0 heterocycles. The molecule has 2 rings (SSSR count). The van der Waals surface area contributed by atoms with E-state index in [0.717, 1.165) is 17.8 Å². The number of carbonyl (C=O) groups excluding carboxylic acids is 1. The van der Waals surface area contributed by atoms with Gasteiger partial charge >= 0.3 is 0 Å². The first-order chi connectivity index (χ1) is 9.65. The molecule has 0 bridgehead atoms. The van der Waals surface area contributed by atoms with Crippen LogP contribution < -0.4 is 16.4 Å². The molecule has 0 radical (unpaired) electrons. The predicted octanol–water partition coefficient (Wildman–Crippen LogP) is 2.93. The van der Waals surface area contributed by atoms with Gasteiger partial charge in [0.15, 0.2) is 0 Å². The second-order valence-electron chi connectivity index (χ2n) is 4.52. The Morgan fingerprint density at radius 2 is 1.90 bits per heavy atom. The number of rotatable bonds is 4. The van der Waals surface area contributed by atoms with Gasteiger partial charge in [0.1, 0.15) is 0 Å². The van der Waals surface area contributed by atoms with Crippen LogP contribution in [0.5, 0.6) is 0 Å². The fourth-order valence-corrected chi connectivity index (χ4v) is 2.09. The lowest BCUT2D eigenvalue weighted by molar-refractivity contribution is 0.0964. The first-order valence-corrected chi connectivity index (χ1v) is 6.62. The third-order valence-corrected chi connectivity index (χ3v) is 3.18. The molecule has 20 heavy (non-hydrogen) atoms. The maximum Gasteiger partial charge on any atom is 0.253 e. The molecule has 0 unspecified atom stereocenters. The van der Waals surface area contributed by atoms with E-state index in [1.807, 2.05) is 24.3 Å². The second kappa shape index (κ2) is 6.10. The number of para-hydroxylation sites is 1. The van der Waals surface area contributed by atoms with E-state index in [0.29, 0.717) is 11.3 Å². The van der Waals surface area contributed by atoms with Gasteiger partial charge in [0.25, 0.3) is 5.91 Å². The standard InChI is InChI=1S/C16H19N3O/c1-3-11-6-4-5-7-14(11)19-15-9-8-12(17)10-13(15)16(20)18-2/h4-10,19H,3,17H2,1-2H3,(H,18,20). The van der Waals surface area contributed by atoms with Crippen molar-refractivity contribution in [3.8, 4) is 0 Å².